The molecule has 0 aromatic heterocycles. The Labute approximate surface area is 154 Å². The van der Waals surface area contributed by atoms with Gasteiger partial charge in [0, 0.05) is 5.39 Å². The highest BCUT2D eigenvalue weighted by molar-refractivity contribution is 8.18. The molecule has 0 spiro atoms. The van der Waals surface area contributed by atoms with Crippen molar-refractivity contribution in [3.8, 4) is 5.75 Å². The molecule has 2 amide bonds. The molecular weight excluding hydrogens is 354 g/mol. The van der Waals surface area contributed by atoms with Crippen molar-refractivity contribution in [3.05, 3.63) is 46.9 Å². The lowest BCUT2D eigenvalue weighted by molar-refractivity contribution is -0.145. The van der Waals surface area contributed by atoms with Crippen molar-refractivity contribution < 1.29 is 23.9 Å². The second kappa shape index (κ2) is 7.61. The van der Waals surface area contributed by atoms with E-state index in [0.717, 1.165) is 38.7 Å². The summed E-state index contributed by atoms with van der Waals surface area (Å²) in [6, 6.07) is 11.3. The molecule has 0 saturated carbocycles. The molecule has 2 aromatic carbocycles. The van der Waals surface area contributed by atoms with Gasteiger partial charge in [0.25, 0.3) is 11.1 Å². The molecule has 1 aliphatic rings. The number of carbonyl (C=O) groups excluding carboxylic acids is 3. The van der Waals surface area contributed by atoms with Gasteiger partial charge in [0.2, 0.25) is 0 Å². The standard InChI is InChI=1S/C19H17NO5S/c1-3-25-17(21)11-20-18(22)16(26-19(20)23)10-12-8-9-15(24-2)14-7-5-4-6-13(12)14/h4-10H,3,11H2,1-2H3/b16-10+. The first-order valence-corrected chi connectivity index (χ1v) is 8.83. The van der Waals surface area contributed by atoms with Gasteiger partial charge in [0.15, 0.2) is 0 Å². The zero-order chi connectivity index (χ0) is 18.7. The number of rotatable bonds is 5. The summed E-state index contributed by atoms with van der Waals surface area (Å²) >= 11 is 0.815. The van der Waals surface area contributed by atoms with Gasteiger partial charge in [0.05, 0.1) is 18.6 Å². The number of imide groups is 1. The Bertz CT molecular complexity index is 921. The van der Waals surface area contributed by atoms with Crippen LogP contribution in [0.2, 0.25) is 0 Å². The molecular formula is C19H17NO5S. The third-order valence-corrected chi connectivity index (χ3v) is 4.80. The van der Waals surface area contributed by atoms with E-state index in [4.69, 9.17) is 9.47 Å². The summed E-state index contributed by atoms with van der Waals surface area (Å²) in [6.07, 6.45) is 1.66. The average molecular weight is 371 g/mol. The molecule has 26 heavy (non-hydrogen) atoms. The summed E-state index contributed by atoms with van der Waals surface area (Å²) in [5, 5.41) is 1.34. The molecule has 0 aliphatic carbocycles. The van der Waals surface area contributed by atoms with Crippen molar-refractivity contribution in [1.82, 2.24) is 4.90 Å². The molecule has 0 radical (unpaired) electrons. The Balaban J connectivity index is 1.94. The second-order valence-electron chi connectivity index (χ2n) is 5.48. The van der Waals surface area contributed by atoms with Crippen LogP contribution in [0.15, 0.2) is 41.3 Å². The number of nitrogens with zero attached hydrogens (tertiary/aromatic N) is 1. The lowest BCUT2D eigenvalue weighted by Crippen LogP contribution is -2.34. The number of hydrogen-bond donors (Lipinski definition) is 0. The Morgan fingerprint density at radius 2 is 1.88 bits per heavy atom. The number of methoxy groups -OCH3 is 1. The fraction of sp³-hybridized carbons (Fsp3) is 0.211. The van der Waals surface area contributed by atoms with Crippen LogP contribution < -0.4 is 4.74 Å². The summed E-state index contributed by atoms with van der Waals surface area (Å²) < 4.78 is 10.2. The lowest BCUT2D eigenvalue weighted by atomic mass is 10.0. The van der Waals surface area contributed by atoms with Gasteiger partial charge in [-0.1, -0.05) is 30.3 Å². The number of benzene rings is 2. The molecule has 7 heteroatoms. The molecule has 0 unspecified atom stereocenters. The van der Waals surface area contributed by atoms with Crippen molar-refractivity contribution >= 4 is 45.7 Å². The molecule has 2 aromatic rings. The van der Waals surface area contributed by atoms with Crippen LogP contribution in [0.1, 0.15) is 12.5 Å². The monoisotopic (exact) mass is 371 g/mol. The largest absolute Gasteiger partial charge is 0.496 e. The number of thioether (sulfide) groups is 1. The Kier molecular flexibility index (Phi) is 5.27. The first-order chi connectivity index (χ1) is 12.5. The molecule has 1 saturated heterocycles. The van der Waals surface area contributed by atoms with Crippen molar-refractivity contribution in [2.24, 2.45) is 0 Å². The normalized spacial score (nSPS) is 15.8. The Hall–Kier alpha value is -2.80. The molecule has 134 valence electrons. The van der Waals surface area contributed by atoms with Gasteiger partial charge in [-0.05, 0) is 41.8 Å². The van der Waals surface area contributed by atoms with Gasteiger partial charge in [0.1, 0.15) is 12.3 Å². The quantitative estimate of drug-likeness (QED) is 0.592. The minimum absolute atomic E-state index is 0.197. The molecule has 3 rings (SSSR count). The number of fused-ring (bicyclic) bond motifs is 1. The number of amides is 2. The molecule has 6 nitrogen and oxygen atoms in total. The van der Waals surface area contributed by atoms with E-state index in [9.17, 15) is 14.4 Å². The maximum atomic E-state index is 12.5. The maximum absolute atomic E-state index is 12.5. The first-order valence-electron chi connectivity index (χ1n) is 8.02. The van der Waals surface area contributed by atoms with Gasteiger partial charge in [-0.15, -0.1) is 0 Å². The highest BCUT2D eigenvalue weighted by atomic mass is 32.2. The highest BCUT2D eigenvalue weighted by Crippen LogP contribution is 2.35. The summed E-state index contributed by atoms with van der Waals surface area (Å²) in [7, 11) is 1.60. The van der Waals surface area contributed by atoms with Crippen LogP contribution in [0, 0.1) is 0 Å². The molecule has 0 N–H and O–H groups in total. The van der Waals surface area contributed by atoms with Crippen molar-refractivity contribution in [2.45, 2.75) is 6.92 Å². The van der Waals surface area contributed by atoms with E-state index < -0.39 is 17.1 Å². The first kappa shape index (κ1) is 18.0. The lowest BCUT2D eigenvalue weighted by Gasteiger charge is -2.11. The smallest absolute Gasteiger partial charge is 0.326 e. The summed E-state index contributed by atoms with van der Waals surface area (Å²) in [5.74, 6) is -0.368. The zero-order valence-electron chi connectivity index (χ0n) is 14.4. The third kappa shape index (κ3) is 3.43. The second-order valence-corrected chi connectivity index (χ2v) is 6.47. The average Bonchev–Trinajstić information content (AvgIpc) is 2.90. The third-order valence-electron chi connectivity index (χ3n) is 3.89. The number of ether oxygens (including phenoxy) is 2. The van der Waals surface area contributed by atoms with Crippen LogP contribution >= 0.6 is 11.8 Å². The van der Waals surface area contributed by atoms with Crippen molar-refractivity contribution in [1.29, 1.82) is 0 Å². The van der Waals surface area contributed by atoms with Crippen LogP contribution in [0.4, 0.5) is 4.79 Å². The van der Waals surface area contributed by atoms with Crippen LogP contribution in [-0.4, -0.2) is 42.3 Å². The predicted molar refractivity (Wildman–Crippen MR) is 99.8 cm³/mol. The highest BCUT2D eigenvalue weighted by Gasteiger charge is 2.36. The van der Waals surface area contributed by atoms with Gasteiger partial charge < -0.3 is 9.47 Å². The van der Waals surface area contributed by atoms with E-state index in [-0.39, 0.29) is 18.1 Å². The van der Waals surface area contributed by atoms with Crippen molar-refractivity contribution in [2.75, 3.05) is 20.3 Å². The molecule has 1 fully saturated rings. The van der Waals surface area contributed by atoms with Crippen LogP contribution in [-0.2, 0) is 14.3 Å². The Morgan fingerprint density at radius 1 is 1.15 bits per heavy atom. The van der Waals surface area contributed by atoms with Gasteiger partial charge >= 0.3 is 5.97 Å². The van der Waals surface area contributed by atoms with Gasteiger partial charge in [-0.2, -0.15) is 0 Å². The van der Waals surface area contributed by atoms with E-state index in [0.29, 0.717) is 0 Å². The van der Waals surface area contributed by atoms with E-state index in [2.05, 4.69) is 0 Å². The summed E-state index contributed by atoms with van der Waals surface area (Å²) in [4.78, 5) is 37.4. The van der Waals surface area contributed by atoms with E-state index >= 15 is 0 Å². The minimum atomic E-state index is -0.606. The van der Waals surface area contributed by atoms with Crippen LogP contribution in [0.5, 0.6) is 5.75 Å². The predicted octanol–water partition coefficient (Wildman–Crippen LogP) is 3.45. The number of hydrogen-bond acceptors (Lipinski definition) is 6. The molecule has 1 heterocycles. The fourth-order valence-electron chi connectivity index (χ4n) is 2.71. The Morgan fingerprint density at radius 3 is 2.58 bits per heavy atom. The molecule has 1 aliphatic heterocycles. The molecule has 0 bridgehead atoms. The topological polar surface area (TPSA) is 72.9 Å². The summed E-state index contributed by atoms with van der Waals surface area (Å²) in [5.41, 5.74) is 0.794. The van der Waals surface area contributed by atoms with E-state index in [1.165, 1.54) is 0 Å². The zero-order valence-corrected chi connectivity index (χ0v) is 15.2. The maximum Gasteiger partial charge on any atom is 0.326 e. The van der Waals surface area contributed by atoms with E-state index in [1.54, 1.807) is 20.1 Å². The summed E-state index contributed by atoms with van der Waals surface area (Å²) in [6.45, 7) is 1.49. The van der Waals surface area contributed by atoms with E-state index in [1.807, 2.05) is 36.4 Å². The number of esters is 1. The van der Waals surface area contributed by atoms with Gasteiger partial charge in [-0.3, -0.25) is 19.3 Å². The van der Waals surface area contributed by atoms with Crippen LogP contribution in [0.25, 0.3) is 16.8 Å². The fourth-order valence-corrected chi connectivity index (χ4v) is 3.54. The minimum Gasteiger partial charge on any atom is -0.496 e. The molecule has 0 atom stereocenters. The number of carbonyl (C=O) groups is 3. The van der Waals surface area contributed by atoms with Crippen LogP contribution in [0.3, 0.4) is 0 Å². The SMILES string of the molecule is CCOC(=O)CN1C(=O)S/C(=C/c2ccc(OC)c3ccccc23)C1=O. The van der Waals surface area contributed by atoms with Crippen molar-refractivity contribution in [3.63, 3.8) is 0 Å². The van der Waals surface area contributed by atoms with Gasteiger partial charge in [-0.25, -0.2) is 0 Å².